The van der Waals surface area contributed by atoms with Crippen LogP contribution in [0.25, 0.3) is 0 Å². The molecular weight excluding hydrogens is 310 g/mol. The molecule has 0 bridgehead atoms. The van der Waals surface area contributed by atoms with Gasteiger partial charge in [-0.05, 0) is 79.0 Å². The SMILES string of the molecule is COc1cc2c(cc1CC1CC1)CCN1CC(CC(C)C)C(O)CC21. The molecule has 2 fully saturated rings. The van der Waals surface area contributed by atoms with Crippen LogP contribution in [0, 0.1) is 17.8 Å². The Kier molecular flexibility index (Phi) is 4.81. The highest BCUT2D eigenvalue weighted by molar-refractivity contribution is 5.46. The first-order valence-corrected chi connectivity index (χ1v) is 10.2. The van der Waals surface area contributed by atoms with Crippen molar-refractivity contribution in [3.8, 4) is 5.75 Å². The topological polar surface area (TPSA) is 32.7 Å². The highest BCUT2D eigenvalue weighted by Gasteiger charge is 2.38. The predicted octanol–water partition coefficient (Wildman–Crippen LogP) is 3.97. The Balaban J connectivity index is 1.58. The van der Waals surface area contributed by atoms with E-state index in [1.165, 1.54) is 36.0 Å². The summed E-state index contributed by atoms with van der Waals surface area (Å²) in [5, 5.41) is 10.7. The Morgan fingerprint density at radius 2 is 2.08 bits per heavy atom. The summed E-state index contributed by atoms with van der Waals surface area (Å²) in [6, 6.07) is 5.07. The lowest BCUT2D eigenvalue weighted by molar-refractivity contribution is -0.0191. The Morgan fingerprint density at radius 1 is 1.28 bits per heavy atom. The first-order valence-electron chi connectivity index (χ1n) is 10.2. The molecule has 0 spiro atoms. The van der Waals surface area contributed by atoms with Crippen LogP contribution in [0.4, 0.5) is 0 Å². The van der Waals surface area contributed by atoms with Gasteiger partial charge in [0.25, 0.3) is 0 Å². The molecule has 3 unspecified atom stereocenters. The Hall–Kier alpha value is -1.06. The summed E-state index contributed by atoms with van der Waals surface area (Å²) in [5.74, 6) is 3.01. The number of aliphatic hydroxyl groups is 1. The van der Waals surface area contributed by atoms with Gasteiger partial charge in [-0.25, -0.2) is 0 Å². The third kappa shape index (κ3) is 3.59. The van der Waals surface area contributed by atoms with Gasteiger partial charge in [-0.2, -0.15) is 0 Å². The molecule has 1 saturated heterocycles. The second-order valence-corrected chi connectivity index (χ2v) is 8.96. The number of ether oxygens (including phenoxy) is 1. The zero-order valence-electron chi connectivity index (χ0n) is 16.0. The summed E-state index contributed by atoms with van der Waals surface area (Å²) >= 11 is 0. The molecule has 0 aromatic heterocycles. The molecule has 3 aliphatic rings. The van der Waals surface area contributed by atoms with E-state index in [0.717, 1.165) is 44.0 Å². The van der Waals surface area contributed by atoms with Crippen LogP contribution in [0.15, 0.2) is 12.1 Å². The molecule has 138 valence electrons. The van der Waals surface area contributed by atoms with Crippen LogP contribution in [0.5, 0.6) is 5.75 Å². The van der Waals surface area contributed by atoms with Crippen molar-refractivity contribution >= 4 is 0 Å². The second kappa shape index (κ2) is 6.92. The van der Waals surface area contributed by atoms with Gasteiger partial charge in [0, 0.05) is 19.1 Å². The molecule has 2 aliphatic heterocycles. The molecule has 25 heavy (non-hydrogen) atoms. The Labute approximate surface area is 152 Å². The van der Waals surface area contributed by atoms with E-state index in [2.05, 4.69) is 30.9 Å². The number of fused-ring (bicyclic) bond motifs is 3. The monoisotopic (exact) mass is 343 g/mol. The largest absolute Gasteiger partial charge is 0.496 e. The lowest BCUT2D eigenvalue weighted by Crippen LogP contribution is -2.48. The molecule has 1 aromatic carbocycles. The van der Waals surface area contributed by atoms with Gasteiger partial charge in [-0.1, -0.05) is 19.9 Å². The summed E-state index contributed by atoms with van der Waals surface area (Å²) in [4.78, 5) is 2.61. The maximum Gasteiger partial charge on any atom is 0.122 e. The highest BCUT2D eigenvalue weighted by atomic mass is 16.5. The first kappa shape index (κ1) is 17.4. The van der Waals surface area contributed by atoms with Crippen molar-refractivity contribution in [2.75, 3.05) is 20.2 Å². The van der Waals surface area contributed by atoms with Crippen LogP contribution in [0.3, 0.4) is 0 Å². The number of piperidine rings is 1. The quantitative estimate of drug-likeness (QED) is 0.878. The van der Waals surface area contributed by atoms with E-state index in [9.17, 15) is 5.11 Å². The fraction of sp³-hybridized carbons (Fsp3) is 0.727. The minimum atomic E-state index is -0.174. The van der Waals surface area contributed by atoms with E-state index in [4.69, 9.17) is 4.74 Å². The fourth-order valence-electron chi connectivity index (χ4n) is 4.99. The second-order valence-electron chi connectivity index (χ2n) is 8.96. The van der Waals surface area contributed by atoms with Crippen molar-refractivity contribution < 1.29 is 9.84 Å². The number of nitrogens with zero attached hydrogens (tertiary/aromatic N) is 1. The summed E-state index contributed by atoms with van der Waals surface area (Å²) in [5.41, 5.74) is 4.29. The standard InChI is InChI=1S/C22H33NO2/c1-14(2)8-18-13-23-7-6-16-10-17(9-15-4-5-15)22(25-3)11-19(16)20(23)12-21(18)24/h10-11,14-15,18,20-21,24H,4-9,12-13H2,1-3H3. The van der Waals surface area contributed by atoms with Crippen molar-refractivity contribution in [2.45, 2.75) is 64.5 Å². The van der Waals surface area contributed by atoms with Crippen LogP contribution in [0.2, 0.25) is 0 Å². The number of hydrogen-bond acceptors (Lipinski definition) is 3. The molecule has 1 N–H and O–H groups in total. The van der Waals surface area contributed by atoms with E-state index in [1.807, 2.05) is 0 Å². The minimum absolute atomic E-state index is 0.174. The van der Waals surface area contributed by atoms with Crippen LogP contribution in [-0.4, -0.2) is 36.3 Å². The predicted molar refractivity (Wildman–Crippen MR) is 101 cm³/mol. The molecule has 3 nitrogen and oxygen atoms in total. The molecule has 1 saturated carbocycles. The van der Waals surface area contributed by atoms with E-state index < -0.39 is 0 Å². The molecule has 0 amide bonds. The molecule has 0 radical (unpaired) electrons. The molecule has 3 atom stereocenters. The first-order chi connectivity index (χ1) is 12.0. The van der Waals surface area contributed by atoms with E-state index in [-0.39, 0.29) is 6.10 Å². The molecule has 2 heterocycles. The molecule has 1 aromatic rings. The average Bonchev–Trinajstić information content (AvgIpc) is 3.38. The van der Waals surface area contributed by atoms with Gasteiger partial charge in [0.15, 0.2) is 0 Å². The van der Waals surface area contributed by atoms with Crippen molar-refractivity contribution in [1.82, 2.24) is 4.90 Å². The number of benzene rings is 1. The summed E-state index contributed by atoms with van der Waals surface area (Å²) in [6.07, 6.45) is 6.88. The zero-order valence-corrected chi connectivity index (χ0v) is 16.0. The lowest BCUT2D eigenvalue weighted by Gasteiger charge is -2.46. The third-order valence-corrected chi connectivity index (χ3v) is 6.47. The molecule has 3 heteroatoms. The van der Waals surface area contributed by atoms with E-state index >= 15 is 0 Å². The lowest BCUT2D eigenvalue weighted by atomic mass is 9.78. The number of hydrogen-bond donors (Lipinski definition) is 1. The number of methoxy groups -OCH3 is 1. The Bertz CT molecular complexity index is 623. The highest BCUT2D eigenvalue weighted by Crippen LogP contribution is 2.43. The van der Waals surface area contributed by atoms with Crippen LogP contribution >= 0.6 is 0 Å². The van der Waals surface area contributed by atoms with E-state index in [1.54, 1.807) is 7.11 Å². The van der Waals surface area contributed by atoms with Crippen LogP contribution in [0.1, 0.15) is 62.3 Å². The van der Waals surface area contributed by atoms with Gasteiger partial charge in [0.05, 0.1) is 13.2 Å². The van der Waals surface area contributed by atoms with Gasteiger partial charge in [0.2, 0.25) is 0 Å². The van der Waals surface area contributed by atoms with Gasteiger partial charge in [-0.3, -0.25) is 4.90 Å². The summed E-state index contributed by atoms with van der Waals surface area (Å²) in [7, 11) is 1.80. The molecular formula is C22H33NO2. The number of rotatable bonds is 5. The van der Waals surface area contributed by atoms with Gasteiger partial charge in [-0.15, -0.1) is 0 Å². The van der Waals surface area contributed by atoms with Crippen molar-refractivity contribution in [2.24, 2.45) is 17.8 Å². The smallest absolute Gasteiger partial charge is 0.122 e. The molecule has 1 aliphatic carbocycles. The fourth-order valence-corrected chi connectivity index (χ4v) is 4.99. The molecule has 4 rings (SSSR count). The Morgan fingerprint density at radius 3 is 2.76 bits per heavy atom. The summed E-state index contributed by atoms with van der Waals surface area (Å²) < 4.78 is 5.74. The normalized spacial score (nSPS) is 29.4. The van der Waals surface area contributed by atoms with Gasteiger partial charge >= 0.3 is 0 Å². The van der Waals surface area contributed by atoms with Gasteiger partial charge < -0.3 is 9.84 Å². The summed E-state index contributed by atoms with van der Waals surface area (Å²) in [6.45, 7) is 6.69. The maximum absolute atomic E-state index is 10.7. The zero-order chi connectivity index (χ0) is 17.6. The third-order valence-electron chi connectivity index (χ3n) is 6.47. The maximum atomic E-state index is 10.7. The van der Waals surface area contributed by atoms with Crippen molar-refractivity contribution in [3.63, 3.8) is 0 Å². The van der Waals surface area contributed by atoms with E-state index in [0.29, 0.717) is 17.9 Å². The van der Waals surface area contributed by atoms with Crippen molar-refractivity contribution in [3.05, 3.63) is 28.8 Å². The van der Waals surface area contributed by atoms with Gasteiger partial charge in [0.1, 0.15) is 5.75 Å². The average molecular weight is 344 g/mol. The van der Waals surface area contributed by atoms with Crippen molar-refractivity contribution in [1.29, 1.82) is 0 Å². The van der Waals surface area contributed by atoms with Crippen LogP contribution in [-0.2, 0) is 12.8 Å². The van der Waals surface area contributed by atoms with Crippen LogP contribution < -0.4 is 4.74 Å². The minimum Gasteiger partial charge on any atom is -0.496 e. The number of aliphatic hydroxyl groups excluding tert-OH is 1.